The first-order valence-electron chi connectivity index (χ1n) is 9.69. The second-order valence-electron chi connectivity index (χ2n) is 7.75. The quantitative estimate of drug-likeness (QED) is 0.738. The number of amides is 3. The third-order valence-electron chi connectivity index (χ3n) is 5.87. The van der Waals surface area contributed by atoms with E-state index in [1.165, 1.54) is 9.80 Å². The summed E-state index contributed by atoms with van der Waals surface area (Å²) in [7, 11) is 0. The number of anilines is 2. The lowest BCUT2D eigenvalue weighted by Gasteiger charge is -2.39. The van der Waals surface area contributed by atoms with Crippen LogP contribution in [-0.2, 0) is 11.3 Å². The summed E-state index contributed by atoms with van der Waals surface area (Å²) >= 11 is 0. The summed E-state index contributed by atoms with van der Waals surface area (Å²) in [5, 5.41) is 15.9. The van der Waals surface area contributed by atoms with Crippen molar-refractivity contribution in [2.45, 2.75) is 38.9 Å². The van der Waals surface area contributed by atoms with Gasteiger partial charge in [0.25, 0.3) is 0 Å². The standard InChI is InChI=1S/C20H19F3N6O2/c1-10-11(2)29-17(16(7-25-29)28-8-12(6-24)3-18(28)30)9-27(10)20(31)26-13-4-14(21)19(23)15(22)5-13/h4-5,7,10-12H,3,8-9H2,1-2H3,(H,26,31)/t10-,11+,12?/m0/s1. The maximum Gasteiger partial charge on any atom is 0.322 e. The van der Waals surface area contributed by atoms with Gasteiger partial charge in [-0.25, -0.2) is 18.0 Å². The number of aromatic nitrogens is 2. The summed E-state index contributed by atoms with van der Waals surface area (Å²) in [6.45, 7) is 3.98. The van der Waals surface area contributed by atoms with Gasteiger partial charge in [-0.3, -0.25) is 9.48 Å². The fourth-order valence-electron chi connectivity index (χ4n) is 3.99. The first kappa shape index (κ1) is 20.7. The van der Waals surface area contributed by atoms with E-state index < -0.39 is 29.4 Å². The molecule has 2 aliphatic rings. The summed E-state index contributed by atoms with van der Waals surface area (Å²) in [5.41, 5.74) is 0.925. The molecule has 1 saturated heterocycles. The number of halogens is 3. The van der Waals surface area contributed by atoms with E-state index in [0.717, 1.165) is 0 Å². The molecule has 0 saturated carbocycles. The summed E-state index contributed by atoms with van der Waals surface area (Å²) in [6, 6.07) is 2.28. The Kier molecular flexibility index (Phi) is 5.08. The number of nitrogens with one attached hydrogen (secondary N) is 1. The van der Waals surface area contributed by atoms with Gasteiger partial charge in [0.1, 0.15) is 0 Å². The van der Waals surface area contributed by atoms with Crippen LogP contribution in [0.5, 0.6) is 0 Å². The highest BCUT2D eigenvalue weighted by atomic mass is 19.2. The van der Waals surface area contributed by atoms with Gasteiger partial charge in [-0.05, 0) is 13.8 Å². The molecule has 1 aromatic carbocycles. The number of urea groups is 1. The molecular weight excluding hydrogens is 413 g/mol. The van der Waals surface area contributed by atoms with Crippen LogP contribution < -0.4 is 10.2 Å². The molecule has 1 N–H and O–H groups in total. The van der Waals surface area contributed by atoms with Gasteiger partial charge in [0.05, 0.1) is 48.2 Å². The zero-order valence-corrected chi connectivity index (χ0v) is 16.8. The minimum absolute atomic E-state index is 0.0832. The van der Waals surface area contributed by atoms with Crippen LogP contribution in [0.1, 0.15) is 32.0 Å². The Bertz CT molecular complexity index is 1090. The van der Waals surface area contributed by atoms with E-state index in [4.69, 9.17) is 5.26 Å². The van der Waals surface area contributed by atoms with E-state index in [1.54, 1.807) is 17.8 Å². The molecule has 1 unspecified atom stereocenters. The number of fused-ring (bicyclic) bond motifs is 1. The van der Waals surface area contributed by atoms with Crippen LogP contribution >= 0.6 is 0 Å². The second-order valence-corrected chi connectivity index (χ2v) is 7.75. The molecule has 2 aliphatic heterocycles. The summed E-state index contributed by atoms with van der Waals surface area (Å²) in [6.07, 6.45) is 1.67. The maximum atomic E-state index is 13.5. The normalized spacial score (nSPS) is 23.0. The molecule has 31 heavy (non-hydrogen) atoms. The minimum atomic E-state index is -1.61. The van der Waals surface area contributed by atoms with Gasteiger partial charge in [0.15, 0.2) is 17.5 Å². The number of rotatable bonds is 2. The fourth-order valence-corrected chi connectivity index (χ4v) is 3.99. The van der Waals surface area contributed by atoms with Gasteiger partial charge in [-0.1, -0.05) is 0 Å². The Balaban J connectivity index is 1.60. The van der Waals surface area contributed by atoms with Crippen molar-refractivity contribution in [3.05, 3.63) is 41.5 Å². The van der Waals surface area contributed by atoms with Crippen LogP contribution in [-0.4, -0.2) is 39.2 Å². The largest absolute Gasteiger partial charge is 0.322 e. The molecule has 4 rings (SSSR count). The predicted molar refractivity (Wildman–Crippen MR) is 103 cm³/mol. The number of hydrogen-bond donors (Lipinski definition) is 1. The Morgan fingerprint density at radius 3 is 2.52 bits per heavy atom. The van der Waals surface area contributed by atoms with Crippen molar-refractivity contribution in [2.24, 2.45) is 5.92 Å². The lowest BCUT2D eigenvalue weighted by molar-refractivity contribution is -0.117. The fraction of sp³-hybridized carbons (Fsp3) is 0.400. The third-order valence-corrected chi connectivity index (χ3v) is 5.87. The van der Waals surface area contributed by atoms with E-state index in [1.807, 2.05) is 6.92 Å². The molecule has 1 aromatic heterocycles. The van der Waals surface area contributed by atoms with Crippen LogP contribution in [0.2, 0.25) is 0 Å². The Labute approximate surface area is 175 Å². The molecule has 0 spiro atoms. The molecule has 0 bridgehead atoms. The van der Waals surface area contributed by atoms with Crippen LogP contribution in [0, 0.1) is 34.7 Å². The van der Waals surface area contributed by atoms with Crippen molar-refractivity contribution in [2.75, 3.05) is 16.8 Å². The van der Waals surface area contributed by atoms with Gasteiger partial charge < -0.3 is 15.1 Å². The first-order valence-corrected chi connectivity index (χ1v) is 9.69. The molecule has 11 heteroatoms. The zero-order valence-electron chi connectivity index (χ0n) is 16.8. The van der Waals surface area contributed by atoms with E-state index >= 15 is 0 Å². The van der Waals surface area contributed by atoms with Crippen molar-refractivity contribution < 1.29 is 22.8 Å². The lowest BCUT2D eigenvalue weighted by atomic mass is 10.1. The Hall–Kier alpha value is -3.55. The second kappa shape index (κ2) is 7.61. The van der Waals surface area contributed by atoms with Crippen LogP contribution in [0.15, 0.2) is 18.3 Å². The highest BCUT2D eigenvalue weighted by Crippen LogP contribution is 2.35. The Morgan fingerprint density at radius 2 is 1.90 bits per heavy atom. The zero-order chi connectivity index (χ0) is 22.4. The van der Waals surface area contributed by atoms with Crippen LogP contribution in [0.4, 0.5) is 29.3 Å². The number of nitrogens with zero attached hydrogens (tertiary/aromatic N) is 5. The van der Waals surface area contributed by atoms with Gasteiger partial charge in [0, 0.05) is 30.8 Å². The highest BCUT2D eigenvalue weighted by Gasteiger charge is 2.39. The molecule has 1 fully saturated rings. The predicted octanol–water partition coefficient (Wildman–Crippen LogP) is 3.17. The minimum Gasteiger partial charge on any atom is -0.314 e. The van der Waals surface area contributed by atoms with Gasteiger partial charge in [0.2, 0.25) is 5.91 Å². The third kappa shape index (κ3) is 3.48. The monoisotopic (exact) mass is 432 g/mol. The maximum absolute atomic E-state index is 13.5. The first-order chi connectivity index (χ1) is 14.7. The Morgan fingerprint density at radius 1 is 1.23 bits per heavy atom. The number of nitriles is 1. The number of carbonyl (C=O) groups is 2. The average Bonchev–Trinajstić information content (AvgIpc) is 3.31. The smallest absolute Gasteiger partial charge is 0.314 e. The topological polar surface area (TPSA) is 94.3 Å². The number of hydrogen-bond acceptors (Lipinski definition) is 4. The lowest BCUT2D eigenvalue weighted by Crippen LogP contribution is -2.49. The number of carbonyl (C=O) groups excluding carboxylic acids is 2. The SMILES string of the molecule is C[C@@H]1[C@H](C)N(C(=O)Nc2cc(F)c(F)c(F)c2)Cc2c(N3CC(C#N)CC3=O)cnn21. The molecule has 3 heterocycles. The highest BCUT2D eigenvalue weighted by molar-refractivity contribution is 5.96. The summed E-state index contributed by atoms with van der Waals surface area (Å²) < 4.78 is 41.9. The number of benzene rings is 1. The molecule has 3 amide bonds. The molecule has 2 aromatic rings. The molecule has 0 aliphatic carbocycles. The van der Waals surface area contributed by atoms with Crippen molar-refractivity contribution in [3.8, 4) is 6.07 Å². The molecule has 8 nitrogen and oxygen atoms in total. The average molecular weight is 432 g/mol. The van der Waals surface area contributed by atoms with Crippen molar-refractivity contribution in [1.29, 1.82) is 5.26 Å². The van der Waals surface area contributed by atoms with Gasteiger partial charge in [-0.2, -0.15) is 10.4 Å². The van der Waals surface area contributed by atoms with Crippen LogP contribution in [0.3, 0.4) is 0 Å². The molecule has 3 atom stereocenters. The van der Waals surface area contributed by atoms with Crippen LogP contribution in [0.25, 0.3) is 0 Å². The van der Waals surface area contributed by atoms with E-state index in [2.05, 4.69) is 16.5 Å². The molecule has 0 radical (unpaired) electrons. The van der Waals surface area contributed by atoms with Gasteiger partial charge >= 0.3 is 6.03 Å². The van der Waals surface area contributed by atoms with Gasteiger partial charge in [-0.15, -0.1) is 0 Å². The molecular formula is C20H19F3N6O2. The van der Waals surface area contributed by atoms with E-state index in [9.17, 15) is 22.8 Å². The summed E-state index contributed by atoms with van der Waals surface area (Å²) in [4.78, 5) is 28.2. The van der Waals surface area contributed by atoms with E-state index in [0.29, 0.717) is 23.5 Å². The molecule has 162 valence electrons. The summed E-state index contributed by atoms with van der Waals surface area (Å²) in [5.74, 6) is -5.03. The van der Waals surface area contributed by atoms with Crippen molar-refractivity contribution in [3.63, 3.8) is 0 Å². The van der Waals surface area contributed by atoms with Crippen molar-refractivity contribution in [1.82, 2.24) is 14.7 Å². The van der Waals surface area contributed by atoms with Crippen molar-refractivity contribution >= 4 is 23.3 Å². The van der Waals surface area contributed by atoms with E-state index in [-0.39, 0.29) is 43.2 Å².